The summed E-state index contributed by atoms with van der Waals surface area (Å²) in [7, 11) is 0. The molecule has 9 nitrogen and oxygen atoms in total. The third kappa shape index (κ3) is 5.32. The zero-order valence-electron chi connectivity index (χ0n) is 15.6. The van der Waals surface area contributed by atoms with Crippen molar-refractivity contribution < 1.29 is 27.3 Å². The fourth-order valence-electron chi connectivity index (χ4n) is 2.65. The van der Waals surface area contributed by atoms with Gasteiger partial charge < -0.3 is 10.6 Å². The van der Waals surface area contributed by atoms with Gasteiger partial charge in [-0.3, -0.25) is 14.9 Å². The standard InChI is InChI=1S/C18H14F4N6O3/c19-13-8-12(2-4-15(13)27-10-23-9-25-27)26-17(29)5-6-24-14-3-1-11(18(20,21)22)7-16(14)28(30)31/h1-4,7-10,24H,5-6H2,(H,26,29). The summed E-state index contributed by atoms with van der Waals surface area (Å²) in [4.78, 5) is 25.9. The number of nitro benzene ring substituents is 1. The number of rotatable bonds is 7. The Labute approximate surface area is 171 Å². The van der Waals surface area contributed by atoms with Gasteiger partial charge >= 0.3 is 6.18 Å². The Morgan fingerprint density at radius 2 is 1.97 bits per heavy atom. The molecule has 0 unspecified atom stereocenters. The molecule has 1 aromatic heterocycles. The van der Waals surface area contributed by atoms with Crippen molar-refractivity contribution in [2.45, 2.75) is 12.6 Å². The van der Waals surface area contributed by atoms with Gasteiger partial charge in [-0.25, -0.2) is 14.1 Å². The van der Waals surface area contributed by atoms with Crippen LogP contribution in [0.15, 0.2) is 49.1 Å². The molecular weight excluding hydrogens is 424 g/mol. The summed E-state index contributed by atoms with van der Waals surface area (Å²) in [6, 6.07) is 5.98. The number of hydrogen-bond donors (Lipinski definition) is 2. The van der Waals surface area contributed by atoms with E-state index in [4.69, 9.17) is 0 Å². The minimum absolute atomic E-state index is 0.0996. The van der Waals surface area contributed by atoms with Crippen LogP contribution in [0.4, 0.5) is 34.6 Å². The summed E-state index contributed by atoms with van der Waals surface area (Å²) in [5, 5.41) is 19.9. The Kier molecular flexibility index (Phi) is 6.13. The Morgan fingerprint density at radius 3 is 2.58 bits per heavy atom. The summed E-state index contributed by atoms with van der Waals surface area (Å²) < 4.78 is 53.6. The van der Waals surface area contributed by atoms with E-state index in [1.165, 1.54) is 29.5 Å². The lowest BCUT2D eigenvalue weighted by Gasteiger charge is -2.11. The third-order valence-electron chi connectivity index (χ3n) is 4.09. The Morgan fingerprint density at radius 1 is 1.19 bits per heavy atom. The van der Waals surface area contributed by atoms with Crippen LogP contribution in [0.5, 0.6) is 0 Å². The van der Waals surface area contributed by atoms with Gasteiger partial charge in [0.1, 0.15) is 24.0 Å². The third-order valence-corrected chi connectivity index (χ3v) is 4.09. The SMILES string of the molecule is O=C(CCNc1ccc(C(F)(F)F)cc1[N+](=O)[O-])Nc1ccc(-n2cncn2)c(F)c1. The molecule has 0 bridgehead atoms. The zero-order chi connectivity index (χ0) is 22.6. The van der Waals surface area contributed by atoms with Gasteiger partial charge in [0, 0.05) is 24.7 Å². The second-order valence-corrected chi connectivity index (χ2v) is 6.22. The van der Waals surface area contributed by atoms with E-state index in [1.807, 2.05) is 0 Å². The van der Waals surface area contributed by atoms with Crippen molar-refractivity contribution in [2.24, 2.45) is 0 Å². The van der Waals surface area contributed by atoms with Crippen molar-refractivity contribution in [3.8, 4) is 5.69 Å². The van der Waals surface area contributed by atoms with E-state index in [2.05, 4.69) is 20.7 Å². The molecule has 1 heterocycles. The van der Waals surface area contributed by atoms with Crippen molar-refractivity contribution in [3.05, 3.63) is 70.5 Å². The molecule has 0 radical (unpaired) electrons. The highest BCUT2D eigenvalue weighted by Crippen LogP contribution is 2.34. The number of hydrogen-bond acceptors (Lipinski definition) is 6. The number of carbonyl (C=O) groups is 1. The number of amides is 1. The number of aromatic nitrogens is 3. The van der Waals surface area contributed by atoms with E-state index in [9.17, 15) is 32.5 Å². The van der Waals surface area contributed by atoms with Gasteiger partial charge in [-0.2, -0.15) is 18.3 Å². The molecule has 2 N–H and O–H groups in total. The summed E-state index contributed by atoms with van der Waals surface area (Å²) >= 11 is 0. The first kappa shape index (κ1) is 21.7. The first-order valence-corrected chi connectivity index (χ1v) is 8.69. The van der Waals surface area contributed by atoms with Gasteiger partial charge in [-0.1, -0.05) is 0 Å². The normalized spacial score (nSPS) is 11.2. The van der Waals surface area contributed by atoms with Crippen molar-refractivity contribution >= 4 is 23.0 Å². The molecule has 31 heavy (non-hydrogen) atoms. The molecule has 0 aliphatic rings. The summed E-state index contributed by atoms with van der Waals surface area (Å²) in [6.45, 7) is -0.0996. The van der Waals surface area contributed by atoms with Crippen LogP contribution in [0.2, 0.25) is 0 Å². The predicted molar refractivity (Wildman–Crippen MR) is 101 cm³/mol. The molecule has 0 saturated carbocycles. The summed E-state index contributed by atoms with van der Waals surface area (Å²) in [5.74, 6) is -1.18. The second-order valence-electron chi connectivity index (χ2n) is 6.22. The topological polar surface area (TPSA) is 115 Å². The molecule has 3 aromatic rings. The maximum atomic E-state index is 14.2. The van der Waals surface area contributed by atoms with Gasteiger partial charge in [0.05, 0.1) is 10.5 Å². The number of nitrogens with one attached hydrogen (secondary N) is 2. The number of halogens is 4. The number of benzene rings is 2. The van der Waals surface area contributed by atoms with Crippen molar-refractivity contribution in [1.82, 2.24) is 14.8 Å². The van der Waals surface area contributed by atoms with Crippen LogP contribution in [-0.4, -0.2) is 32.1 Å². The second kappa shape index (κ2) is 8.77. The van der Waals surface area contributed by atoms with Gasteiger partial charge in [-0.05, 0) is 30.3 Å². The smallest absolute Gasteiger partial charge is 0.379 e. The lowest BCUT2D eigenvalue weighted by atomic mass is 10.1. The molecule has 0 atom stereocenters. The van der Waals surface area contributed by atoms with Gasteiger partial charge in [0.15, 0.2) is 5.82 Å². The number of alkyl halides is 3. The quantitative estimate of drug-likeness (QED) is 0.330. The molecule has 0 fully saturated rings. The van der Waals surface area contributed by atoms with Crippen LogP contribution in [0, 0.1) is 15.9 Å². The Balaban J connectivity index is 1.59. The van der Waals surface area contributed by atoms with E-state index in [1.54, 1.807) is 0 Å². The molecule has 3 rings (SSSR count). The minimum Gasteiger partial charge on any atom is -0.379 e. The fraction of sp³-hybridized carbons (Fsp3) is 0.167. The largest absolute Gasteiger partial charge is 0.416 e. The highest BCUT2D eigenvalue weighted by Gasteiger charge is 2.33. The van der Waals surface area contributed by atoms with E-state index in [-0.39, 0.29) is 30.0 Å². The number of nitro groups is 1. The van der Waals surface area contributed by atoms with Gasteiger partial charge in [-0.15, -0.1) is 0 Å². The van der Waals surface area contributed by atoms with E-state index < -0.39 is 34.1 Å². The maximum absolute atomic E-state index is 14.2. The molecule has 0 aliphatic carbocycles. The molecule has 1 amide bonds. The zero-order valence-corrected chi connectivity index (χ0v) is 15.6. The molecular formula is C18H14F4N6O3. The van der Waals surface area contributed by atoms with E-state index >= 15 is 0 Å². The Bertz CT molecular complexity index is 1100. The van der Waals surface area contributed by atoms with Gasteiger partial charge in [0.2, 0.25) is 5.91 Å². The number of anilines is 2. The highest BCUT2D eigenvalue weighted by atomic mass is 19.4. The Hall–Kier alpha value is -4.03. The van der Waals surface area contributed by atoms with E-state index in [0.717, 1.165) is 12.1 Å². The van der Waals surface area contributed by atoms with Crippen LogP contribution in [-0.2, 0) is 11.0 Å². The van der Waals surface area contributed by atoms with Crippen LogP contribution in [0.1, 0.15) is 12.0 Å². The van der Waals surface area contributed by atoms with Crippen LogP contribution in [0.25, 0.3) is 5.69 Å². The monoisotopic (exact) mass is 438 g/mol. The lowest BCUT2D eigenvalue weighted by molar-refractivity contribution is -0.384. The van der Waals surface area contributed by atoms with Crippen molar-refractivity contribution in [2.75, 3.05) is 17.2 Å². The number of carbonyl (C=O) groups excluding carboxylic acids is 1. The average molecular weight is 438 g/mol. The number of nitrogens with zero attached hydrogens (tertiary/aromatic N) is 4. The molecule has 0 spiro atoms. The fourth-order valence-corrected chi connectivity index (χ4v) is 2.65. The molecule has 13 heteroatoms. The summed E-state index contributed by atoms with van der Waals surface area (Å²) in [6.07, 6.45) is -2.35. The maximum Gasteiger partial charge on any atom is 0.416 e. The van der Waals surface area contributed by atoms with Crippen molar-refractivity contribution in [3.63, 3.8) is 0 Å². The average Bonchev–Trinajstić information content (AvgIpc) is 3.21. The van der Waals surface area contributed by atoms with Crippen LogP contribution >= 0.6 is 0 Å². The van der Waals surface area contributed by atoms with Crippen molar-refractivity contribution in [1.29, 1.82) is 0 Å². The first-order valence-electron chi connectivity index (χ1n) is 8.69. The molecule has 162 valence electrons. The highest BCUT2D eigenvalue weighted by molar-refractivity contribution is 5.91. The lowest BCUT2D eigenvalue weighted by Crippen LogP contribution is -2.17. The first-order chi connectivity index (χ1) is 14.6. The van der Waals surface area contributed by atoms with E-state index in [0.29, 0.717) is 12.1 Å². The van der Waals surface area contributed by atoms with Crippen LogP contribution in [0.3, 0.4) is 0 Å². The van der Waals surface area contributed by atoms with Gasteiger partial charge in [0.25, 0.3) is 5.69 Å². The minimum atomic E-state index is -4.72. The predicted octanol–water partition coefficient (Wildman–Crippen LogP) is 3.77. The molecule has 2 aromatic carbocycles. The molecule has 0 saturated heterocycles. The molecule has 0 aliphatic heterocycles. The summed E-state index contributed by atoms with van der Waals surface area (Å²) in [5.41, 5.74) is -1.77. The van der Waals surface area contributed by atoms with Crippen LogP contribution < -0.4 is 10.6 Å².